The van der Waals surface area contributed by atoms with Crippen molar-refractivity contribution in [2.24, 2.45) is 0 Å². The maximum absolute atomic E-state index is 14.2. The standard InChI is InChI=1S/C18H15F2N5O4/c1-10-3-4-11(5-12(10)8-21-18(26)29-2)16-9-22-24(23-16)17-14(19)6-13(25(27)28)7-15(17)20/h3-7,9H,8H2,1-2H3,(H,21,26). The summed E-state index contributed by atoms with van der Waals surface area (Å²) in [5.74, 6) is -2.32. The van der Waals surface area contributed by atoms with Crippen molar-refractivity contribution in [1.29, 1.82) is 0 Å². The average molecular weight is 403 g/mol. The van der Waals surface area contributed by atoms with Gasteiger partial charge in [-0.3, -0.25) is 10.1 Å². The van der Waals surface area contributed by atoms with Gasteiger partial charge in [-0.15, -0.1) is 9.90 Å². The number of aromatic nitrogens is 3. The summed E-state index contributed by atoms with van der Waals surface area (Å²) < 4.78 is 32.9. The number of aryl methyl sites for hydroxylation is 1. The molecule has 0 atom stereocenters. The molecule has 1 aromatic heterocycles. The van der Waals surface area contributed by atoms with Gasteiger partial charge in [-0.1, -0.05) is 12.1 Å². The maximum atomic E-state index is 14.2. The van der Waals surface area contributed by atoms with Gasteiger partial charge >= 0.3 is 6.09 Å². The van der Waals surface area contributed by atoms with E-state index in [-0.39, 0.29) is 6.54 Å². The molecule has 1 N–H and O–H groups in total. The summed E-state index contributed by atoms with van der Waals surface area (Å²) in [5, 5.41) is 21.2. The molecule has 11 heteroatoms. The van der Waals surface area contributed by atoms with E-state index in [1.165, 1.54) is 13.3 Å². The van der Waals surface area contributed by atoms with E-state index >= 15 is 0 Å². The molecule has 150 valence electrons. The van der Waals surface area contributed by atoms with Crippen LogP contribution in [0, 0.1) is 28.7 Å². The van der Waals surface area contributed by atoms with Crippen molar-refractivity contribution in [3.05, 3.63) is 69.4 Å². The summed E-state index contributed by atoms with van der Waals surface area (Å²) >= 11 is 0. The zero-order valence-electron chi connectivity index (χ0n) is 15.3. The maximum Gasteiger partial charge on any atom is 0.407 e. The van der Waals surface area contributed by atoms with Gasteiger partial charge in [-0.25, -0.2) is 13.6 Å². The van der Waals surface area contributed by atoms with Crippen molar-refractivity contribution in [3.8, 4) is 16.9 Å². The molecular weight excluding hydrogens is 388 g/mol. The number of nitrogens with one attached hydrogen (secondary N) is 1. The van der Waals surface area contributed by atoms with Crippen molar-refractivity contribution in [1.82, 2.24) is 20.3 Å². The number of carbonyl (C=O) groups is 1. The number of ether oxygens (including phenoxy) is 1. The zero-order chi connectivity index (χ0) is 21.1. The fraction of sp³-hybridized carbons (Fsp3) is 0.167. The minimum Gasteiger partial charge on any atom is -0.453 e. The molecule has 0 radical (unpaired) electrons. The molecule has 0 saturated carbocycles. The highest BCUT2D eigenvalue weighted by Gasteiger charge is 2.20. The van der Waals surface area contributed by atoms with Gasteiger partial charge in [0.05, 0.1) is 30.4 Å². The quantitative estimate of drug-likeness (QED) is 0.517. The SMILES string of the molecule is COC(=O)NCc1cc(-c2cnn(-c3c(F)cc([N+](=O)[O-])cc3F)n2)ccc1C. The minimum absolute atomic E-state index is 0.214. The number of methoxy groups -OCH3 is 1. The van der Waals surface area contributed by atoms with Gasteiger partial charge in [0.1, 0.15) is 5.69 Å². The lowest BCUT2D eigenvalue weighted by Crippen LogP contribution is -2.22. The van der Waals surface area contributed by atoms with Crippen LogP contribution in [0.5, 0.6) is 0 Å². The molecule has 3 rings (SSSR count). The topological polar surface area (TPSA) is 112 Å². The second kappa shape index (κ2) is 8.00. The van der Waals surface area contributed by atoms with Crippen molar-refractivity contribution >= 4 is 11.8 Å². The number of benzene rings is 2. The number of hydrogen-bond acceptors (Lipinski definition) is 6. The molecule has 0 aliphatic carbocycles. The lowest BCUT2D eigenvalue weighted by atomic mass is 10.0. The molecular formula is C18H15F2N5O4. The highest BCUT2D eigenvalue weighted by Crippen LogP contribution is 2.25. The number of amides is 1. The number of rotatable bonds is 5. The molecule has 1 heterocycles. The Morgan fingerprint density at radius 1 is 1.28 bits per heavy atom. The van der Waals surface area contributed by atoms with E-state index in [0.29, 0.717) is 23.4 Å². The Labute approximate surface area is 163 Å². The fourth-order valence-electron chi connectivity index (χ4n) is 2.61. The third-order valence-electron chi connectivity index (χ3n) is 4.16. The number of nitro benzene ring substituents is 1. The highest BCUT2D eigenvalue weighted by molar-refractivity contribution is 5.67. The Morgan fingerprint density at radius 3 is 2.59 bits per heavy atom. The normalized spacial score (nSPS) is 10.6. The summed E-state index contributed by atoms with van der Waals surface area (Å²) in [6.45, 7) is 2.07. The molecule has 1 amide bonds. The number of hydrogen-bond donors (Lipinski definition) is 1. The second-order valence-corrected chi connectivity index (χ2v) is 6.02. The highest BCUT2D eigenvalue weighted by atomic mass is 19.1. The average Bonchev–Trinajstić information content (AvgIpc) is 3.16. The van der Waals surface area contributed by atoms with Crippen molar-refractivity contribution < 1.29 is 23.2 Å². The van der Waals surface area contributed by atoms with Gasteiger partial charge in [-0.05, 0) is 24.1 Å². The molecule has 0 saturated heterocycles. The first-order chi connectivity index (χ1) is 13.8. The third kappa shape index (κ3) is 4.18. The Balaban J connectivity index is 1.93. The molecule has 0 aliphatic rings. The number of nitro groups is 1. The lowest BCUT2D eigenvalue weighted by molar-refractivity contribution is -0.385. The van der Waals surface area contributed by atoms with Crippen LogP contribution in [0.4, 0.5) is 19.3 Å². The van der Waals surface area contributed by atoms with E-state index in [0.717, 1.165) is 15.9 Å². The predicted molar refractivity (Wildman–Crippen MR) is 97.3 cm³/mol. The Kier molecular flexibility index (Phi) is 5.48. The minimum atomic E-state index is -1.16. The molecule has 9 nitrogen and oxygen atoms in total. The Morgan fingerprint density at radius 2 is 1.97 bits per heavy atom. The first kappa shape index (κ1) is 19.9. The van der Waals surface area contributed by atoms with Gasteiger partial charge in [0, 0.05) is 12.1 Å². The van der Waals surface area contributed by atoms with Gasteiger partial charge in [0.25, 0.3) is 5.69 Å². The van der Waals surface area contributed by atoms with Crippen LogP contribution in [-0.2, 0) is 11.3 Å². The van der Waals surface area contributed by atoms with E-state index in [2.05, 4.69) is 20.3 Å². The van der Waals surface area contributed by atoms with E-state index in [9.17, 15) is 23.7 Å². The van der Waals surface area contributed by atoms with Gasteiger partial charge in [0.15, 0.2) is 17.3 Å². The number of non-ortho nitro benzene ring substituents is 1. The Hall–Kier alpha value is -3.89. The first-order valence-electron chi connectivity index (χ1n) is 8.28. The van der Waals surface area contributed by atoms with Crippen LogP contribution in [0.2, 0.25) is 0 Å². The fourth-order valence-corrected chi connectivity index (χ4v) is 2.61. The number of halogens is 2. The lowest BCUT2D eigenvalue weighted by Gasteiger charge is -2.09. The molecule has 2 aromatic carbocycles. The zero-order valence-corrected chi connectivity index (χ0v) is 15.3. The molecule has 0 bridgehead atoms. The van der Waals surface area contributed by atoms with Gasteiger partial charge in [0.2, 0.25) is 0 Å². The second-order valence-electron chi connectivity index (χ2n) is 6.02. The molecule has 0 spiro atoms. The van der Waals surface area contributed by atoms with E-state index in [4.69, 9.17) is 0 Å². The largest absolute Gasteiger partial charge is 0.453 e. The van der Waals surface area contributed by atoms with Crippen LogP contribution in [0.25, 0.3) is 16.9 Å². The number of alkyl carbamates (subject to hydrolysis) is 1. The van der Waals surface area contributed by atoms with Gasteiger partial charge in [-0.2, -0.15) is 5.10 Å². The summed E-state index contributed by atoms with van der Waals surface area (Å²) in [4.78, 5) is 21.8. The molecule has 29 heavy (non-hydrogen) atoms. The van der Waals surface area contributed by atoms with Crippen molar-refractivity contribution in [2.45, 2.75) is 13.5 Å². The summed E-state index contributed by atoms with van der Waals surface area (Å²) in [5.41, 5.74) is 1.28. The summed E-state index contributed by atoms with van der Waals surface area (Å²) in [6, 6.07) is 6.50. The van der Waals surface area contributed by atoms with Gasteiger partial charge < -0.3 is 10.1 Å². The summed E-state index contributed by atoms with van der Waals surface area (Å²) in [6.07, 6.45) is 0.729. The van der Waals surface area contributed by atoms with Crippen LogP contribution < -0.4 is 5.32 Å². The Bertz CT molecular complexity index is 1080. The predicted octanol–water partition coefficient (Wildman–Crippen LogP) is 3.29. The molecule has 0 fully saturated rings. The number of carbonyl (C=O) groups excluding carboxylic acids is 1. The van der Waals surface area contributed by atoms with Crippen LogP contribution in [0.3, 0.4) is 0 Å². The van der Waals surface area contributed by atoms with Crippen LogP contribution in [0.1, 0.15) is 11.1 Å². The smallest absolute Gasteiger partial charge is 0.407 e. The number of nitrogens with zero attached hydrogens (tertiary/aromatic N) is 4. The van der Waals surface area contributed by atoms with Crippen LogP contribution in [0.15, 0.2) is 36.5 Å². The molecule has 0 aliphatic heterocycles. The van der Waals surface area contributed by atoms with Crippen LogP contribution in [-0.4, -0.2) is 33.1 Å². The third-order valence-corrected chi connectivity index (χ3v) is 4.16. The van der Waals surface area contributed by atoms with Crippen LogP contribution >= 0.6 is 0 Å². The van der Waals surface area contributed by atoms with E-state index in [1.54, 1.807) is 18.2 Å². The monoisotopic (exact) mass is 403 g/mol. The summed E-state index contributed by atoms with van der Waals surface area (Å²) in [7, 11) is 1.26. The first-order valence-corrected chi connectivity index (χ1v) is 8.28. The van der Waals surface area contributed by atoms with Crippen molar-refractivity contribution in [2.75, 3.05) is 7.11 Å². The van der Waals surface area contributed by atoms with Crippen molar-refractivity contribution in [3.63, 3.8) is 0 Å². The van der Waals surface area contributed by atoms with E-state index in [1.807, 2.05) is 6.92 Å². The molecule has 3 aromatic rings. The van der Waals surface area contributed by atoms with E-state index < -0.39 is 34.0 Å². The molecule has 0 unspecified atom stereocenters.